The summed E-state index contributed by atoms with van der Waals surface area (Å²) in [5.74, 6) is -1.61. The van der Waals surface area contributed by atoms with Gasteiger partial charge in [-0.05, 0) is 122 Å². The van der Waals surface area contributed by atoms with Crippen LogP contribution >= 0.6 is 34.8 Å². The molecular weight excluding hydrogens is 979 g/mol. The Balaban J connectivity index is 0.736. The molecule has 0 saturated heterocycles. The number of aliphatic hydroxyl groups excluding tert-OH is 2. The van der Waals surface area contributed by atoms with Crippen molar-refractivity contribution in [1.29, 1.82) is 0 Å². The van der Waals surface area contributed by atoms with Crippen LogP contribution in [0.5, 0.6) is 0 Å². The first-order valence-electron chi connectivity index (χ1n) is 23.9. The van der Waals surface area contributed by atoms with Crippen LogP contribution in [0.1, 0.15) is 75.6 Å². The predicted molar refractivity (Wildman–Crippen MR) is 273 cm³/mol. The van der Waals surface area contributed by atoms with Gasteiger partial charge in [0.05, 0.1) is 50.3 Å². The Bertz CT molecular complexity index is 2450. The zero-order valence-corrected chi connectivity index (χ0v) is 43.4. The van der Waals surface area contributed by atoms with Crippen LogP contribution in [0.3, 0.4) is 0 Å². The second-order valence-corrected chi connectivity index (χ2v) is 21.5. The zero-order valence-electron chi connectivity index (χ0n) is 40.3. The van der Waals surface area contributed by atoms with Crippen LogP contribution in [0.2, 0.25) is 15.1 Å². The normalized spacial score (nSPS) is 17.1. The Morgan fingerprint density at radius 3 is 1.66 bits per heavy atom. The minimum absolute atomic E-state index is 0.0183. The molecule has 4 aromatic rings. The van der Waals surface area contributed by atoms with E-state index in [1.54, 1.807) is 12.1 Å². The second-order valence-electron chi connectivity index (χ2n) is 18.1. The Morgan fingerprint density at radius 2 is 1.11 bits per heavy atom. The number of nitrogens with one attached hydrogen (secondary N) is 2. The Kier molecular flexibility index (Phi) is 21.8. The highest BCUT2D eigenvalue weighted by atomic mass is 35.5. The molecule has 14 nitrogen and oxygen atoms in total. The number of carbonyl (C=O) groups excluding carboxylic acids is 2. The van der Waals surface area contributed by atoms with Crippen LogP contribution in [0.25, 0.3) is 0 Å². The molecule has 0 radical (unpaired) electrons. The molecule has 0 spiro atoms. The van der Waals surface area contributed by atoms with Crippen molar-refractivity contribution in [3.05, 3.63) is 132 Å². The highest BCUT2D eigenvalue weighted by Crippen LogP contribution is 2.39. The molecule has 0 aliphatic carbocycles. The number of sulfone groups is 1. The monoisotopic (exact) mass is 1040 g/mol. The van der Waals surface area contributed by atoms with Gasteiger partial charge in [0.25, 0.3) is 11.8 Å². The minimum Gasteiger partial charge on any atom is -0.380 e. The van der Waals surface area contributed by atoms with Crippen LogP contribution in [-0.2, 0) is 57.9 Å². The fourth-order valence-electron chi connectivity index (χ4n) is 8.90. The summed E-state index contributed by atoms with van der Waals surface area (Å²) in [6, 6.07) is 23.9. The van der Waals surface area contributed by atoms with Gasteiger partial charge in [0.2, 0.25) is 0 Å². The molecule has 2 aliphatic heterocycles. The van der Waals surface area contributed by atoms with Crippen molar-refractivity contribution in [3.8, 4) is 0 Å². The fourth-order valence-corrected chi connectivity index (χ4v) is 11.1. The van der Waals surface area contributed by atoms with Crippen LogP contribution in [0.4, 0.5) is 0 Å². The van der Waals surface area contributed by atoms with E-state index in [0.717, 1.165) is 72.7 Å². The molecule has 6 rings (SSSR count). The summed E-state index contributed by atoms with van der Waals surface area (Å²) in [4.78, 5) is 29.4. The first kappa shape index (κ1) is 55.6. The number of nitrogens with zero attached hydrogens (tertiary/aromatic N) is 2. The third kappa shape index (κ3) is 16.2. The molecular formula is C52H67Cl3N4O10S. The highest BCUT2D eigenvalue weighted by molar-refractivity contribution is 7.91. The van der Waals surface area contributed by atoms with Crippen LogP contribution in [-0.4, -0.2) is 151 Å². The molecule has 382 valence electrons. The Morgan fingerprint density at radius 1 is 0.643 bits per heavy atom. The standard InChI is InChI=1S/C52H67Cl3N4O10S/c1-35-27-41-43(31-58(2)33-45(41)47(54)28-35)38-12-14-40(15-13-38)70(64,65)26-6-19-67-23-25-69-21-17-57-52(63)50(61)49(60)51(62)56-16-20-68-24-22-66-18-5-4-7-36-8-10-37(11-9-36)44-32-59(3)34-46-42(44)29-39(53)30-48(46)55/h8-15,27-30,43-44,49-50,60-61H,4-7,16-26,31-34H2,1-3H3,(H,56,62)(H,57,63)/t43?,44?,49-,50-/m1/s1. The van der Waals surface area contributed by atoms with Gasteiger partial charge in [-0.25, -0.2) is 8.42 Å². The maximum absolute atomic E-state index is 13.0. The molecule has 2 amide bonds. The van der Waals surface area contributed by atoms with Crippen molar-refractivity contribution in [1.82, 2.24) is 20.4 Å². The Labute approximate surface area is 427 Å². The molecule has 0 saturated carbocycles. The largest absolute Gasteiger partial charge is 0.380 e. The number of hydrogen-bond donors (Lipinski definition) is 4. The lowest BCUT2D eigenvalue weighted by Crippen LogP contribution is -2.50. The lowest BCUT2D eigenvalue weighted by molar-refractivity contribution is -0.146. The number of rotatable bonds is 27. The predicted octanol–water partition coefficient (Wildman–Crippen LogP) is 6.32. The van der Waals surface area contributed by atoms with Gasteiger partial charge in [-0.15, -0.1) is 0 Å². The summed E-state index contributed by atoms with van der Waals surface area (Å²) in [5.41, 5.74) is 9.27. The lowest BCUT2D eigenvalue weighted by Gasteiger charge is -2.33. The molecule has 2 aliphatic rings. The number of aryl methyl sites for hydroxylation is 2. The van der Waals surface area contributed by atoms with E-state index in [1.165, 1.54) is 22.3 Å². The lowest BCUT2D eigenvalue weighted by atomic mass is 9.84. The number of likely N-dealkylation sites (N-methyl/N-ethyl adjacent to an activating group) is 2. The summed E-state index contributed by atoms with van der Waals surface area (Å²) >= 11 is 19.5. The number of aliphatic hydroxyl groups is 2. The zero-order chi connectivity index (χ0) is 50.2. The highest BCUT2D eigenvalue weighted by Gasteiger charge is 2.31. The first-order valence-corrected chi connectivity index (χ1v) is 26.7. The molecule has 18 heteroatoms. The molecule has 2 unspecified atom stereocenters. The SMILES string of the molecule is Cc1cc(Cl)c2c(c1)C(c1ccc(S(=O)(=O)CCCOCCOCCNC(=O)[C@H](O)[C@@H](O)C(=O)NCCOCCOCCCCc3ccc(C4CN(C)Cc5c(Cl)cc(Cl)cc54)cc3)cc1)CN(C)C2. The second kappa shape index (κ2) is 27.4. The molecule has 4 aromatic carbocycles. The summed E-state index contributed by atoms with van der Waals surface area (Å²) in [7, 11) is 0.648. The number of hydrogen-bond acceptors (Lipinski definition) is 12. The quantitative estimate of drug-likeness (QED) is 0.0491. The average molecular weight is 1050 g/mol. The van der Waals surface area contributed by atoms with Crippen LogP contribution in [0, 0.1) is 6.92 Å². The van der Waals surface area contributed by atoms with Crippen LogP contribution in [0.15, 0.2) is 77.7 Å². The van der Waals surface area contributed by atoms with Gasteiger partial charge in [0.1, 0.15) is 0 Å². The molecule has 70 heavy (non-hydrogen) atoms. The van der Waals surface area contributed by atoms with Crippen LogP contribution < -0.4 is 10.6 Å². The molecule has 4 atom stereocenters. The topological polar surface area (TPSA) is 176 Å². The van der Waals surface area contributed by atoms with Crippen molar-refractivity contribution >= 4 is 56.5 Å². The van der Waals surface area contributed by atoms with Gasteiger partial charge in [-0.2, -0.15) is 0 Å². The first-order chi connectivity index (χ1) is 33.6. The summed E-state index contributed by atoms with van der Waals surface area (Å²) in [6.07, 6.45) is -0.829. The van der Waals surface area contributed by atoms with E-state index in [-0.39, 0.29) is 68.6 Å². The van der Waals surface area contributed by atoms with Crippen molar-refractivity contribution in [2.24, 2.45) is 0 Å². The maximum Gasteiger partial charge on any atom is 0.252 e. The third-order valence-electron chi connectivity index (χ3n) is 12.6. The van der Waals surface area contributed by atoms with E-state index in [2.05, 4.69) is 64.9 Å². The van der Waals surface area contributed by atoms with E-state index in [9.17, 15) is 28.2 Å². The van der Waals surface area contributed by atoms with E-state index >= 15 is 0 Å². The van der Waals surface area contributed by atoms with Gasteiger partial charge >= 0.3 is 0 Å². The average Bonchev–Trinajstić information content (AvgIpc) is 3.33. The van der Waals surface area contributed by atoms with Gasteiger partial charge < -0.3 is 49.6 Å². The van der Waals surface area contributed by atoms with Gasteiger partial charge in [0, 0.05) is 79.4 Å². The molecule has 4 N–H and O–H groups in total. The van der Waals surface area contributed by atoms with E-state index in [0.29, 0.717) is 36.3 Å². The maximum atomic E-state index is 13.0. The molecule has 0 fully saturated rings. The number of unbranched alkanes of at least 4 members (excludes halogenated alkanes) is 1. The smallest absolute Gasteiger partial charge is 0.252 e. The van der Waals surface area contributed by atoms with Gasteiger partial charge in [-0.3, -0.25) is 9.59 Å². The van der Waals surface area contributed by atoms with Crippen molar-refractivity contribution in [2.45, 2.75) is 74.6 Å². The number of fused-ring (bicyclic) bond motifs is 2. The van der Waals surface area contributed by atoms with Crippen molar-refractivity contribution in [3.63, 3.8) is 0 Å². The van der Waals surface area contributed by atoms with Crippen molar-refractivity contribution < 1.29 is 47.2 Å². The summed E-state index contributed by atoms with van der Waals surface area (Å²) in [5, 5.41) is 27.4. The number of amides is 2. The van der Waals surface area contributed by atoms with Crippen molar-refractivity contribution in [2.75, 3.05) is 98.9 Å². The van der Waals surface area contributed by atoms with E-state index < -0.39 is 33.9 Å². The molecule has 2 heterocycles. The third-order valence-corrected chi connectivity index (χ3v) is 15.3. The number of halogens is 3. The minimum atomic E-state index is -3.51. The van der Waals surface area contributed by atoms with E-state index in [1.807, 2.05) is 37.3 Å². The van der Waals surface area contributed by atoms with E-state index in [4.69, 9.17) is 53.8 Å². The Hall–Kier alpha value is -3.68. The number of benzene rings is 4. The fraction of sp³-hybridized carbons (Fsp3) is 0.500. The summed E-state index contributed by atoms with van der Waals surface area (Å²) < 4.78 is 48.3. The molecule has 0 aromatic heterocycles. The number of ether oxygens (including phenoxy) is 4. The molecule has 0 bridgehead atoms. The van der Waals surface area contributed by atoms with Gasteiger partial charge in [-0.1, -0.05) is 77.3 Å². The summed E-state index contributed by atoms with van der Waals surface area (Å²) in [6.45, 7) is 7.57. The van der Waals surface area contributed by atoms with Gasteiger partial charge in [0.15, 0.2) is 22.0 Å². The number of carbonyl (C=O) groups is 2.